The van der Waals surface area contributed by atoms with E-state index in [1.54, 1.807) is 6.92 Å². The summed E-state index contributed by atoms with van der Waals surface area (Å²) < 4.78 is 0. The summed E-state index contributed by atoms with van der Waals surface area (Å²) in [5.41, 5.74) is 11.6. The smallest absolute Gasteiger partial charge is 0.229 e. The molecule has 5 N–H and O–H groups in total. The summed E-state index contributed by atoms with van der Waals surface area (Å²) in [6.07, 6.45) is 0.123. The highest BCUT2D eigenvalue weighted by Crippen LogP contribution is 2.14. The topological polar surface area (TPSA) is 98.2 Å². The van der Waals surface area contributed by atoms with Gasteiger partial charge in [-0.2, -0.15) is 0 Å². The zero-order chi connectivity index (χ0) is 13.5. The Balaban J connectivity index is 2.66. The van der Waals surface area contributed by atoms with E-state index in [-0.39, 0.29) is 24.9 Å². The first-order valence-corrected chi connectivity index (χ1v) is 5.88. The van der Waals surface area contributed by atoms with Crippen LogP contribution in [0.15, 0.2) is 30.3 Å². The van der Waals surface area contributed by atoms with Gasteiger partial charge in [0.25, 0.3) is 0 Å². The summed E-state index contributed by atoms with van der Waals surface area (Å²) in [7, 11) is 0. The molecule has 0 bridgehead atoms. The maximum atomic E-state index is 12.0. The second-order valence-electron chi connectivity index (χ2n) is 4.28. The second kappa shape index (κ2) is 6.76. The van der Waals surface area contributed by atoms with Crippen LogP contribution in [0.4, 0.5) is 0 Å². The van der Waals surface area contributed by atoms with Gasteiger partial charge in [0.05, 0.1) is 5.92 Å². The Hall–Kier alpha value is -1.88. The average molecular weight is 249 g/mol. The zero-order valence-electron chi connectivity index (χ0n) is 10.4. The van der Waals surface area contributed by atoms with Crippen molar-refractivity contribution in [3.05, 3.63) is 35.9 Å². The molecule has 0 aliphatic rings. The van der Waals surface area contributed by atoms with E-state index in [0.717, 1.165) is 5.56 Å². The molecule has 0 radical (unpaired) electrons. The second-order valence-corrected chi connectivity index (χ2v) is 4.28. The van der Waals surface area contributed by atoms with Crippen LogP contribution in [0, 0.1) is 0 Å². The first-order valence-electron chi connectivity index (χ1n) is 5.88. The molecule has 0 heterocycles. The van der Waals surface area contributed by atoms with Crippen LogP contribution in [0.1, 0.15) is 24.8 Å². The van der Waals surface area contributed by atoms with Crippen molar-refractivity contribution in [2.75, 3.05) is 6.54 Å². The van der Waals surface area contributed by atoms with Crippen LogP contribution in [0.2, 0.25) is 0 Å². The van der Waals surface area contributed by atoms with E-state index in [0.29, 0.717) is 0 Å². The van der Waals surface area contributed by atoms with Crippen LogP contribution in [0.5, 0.6) is 0 Å². The Kier molecular flexibility index (Phi) is 5.32. The minimum atomic E-state index is -0.438. The summed E-state index contributed by atoms with van der Waals surface area (Å²) in [4.78, 5) is 22.8. The molecular weight excluding hydrogens is 230 g/mol. The molecule has 0 fully saturated rings. The van der Waals surface area contributed by atoms with Crippen molar-refractivity contribution < 1.29 is 9.59 Å². The molecule has 2 unspecified atom stereocenters. The monoisotopic (exact) mass is 249 g/mol. The summed E-state index contributed by atoms with van der Waals surface area (Å²) in [5.74, 6) is -1.02. The molecule has 5 heteroatoms. The Morgan fingerprint density at radius 1 is 1.28 bits per heavy atom. The number of hydrogen-bond acceptors (Lipinski definition) is 3. The number of hydrogen-bond donors (Lipinski definition) is 3. The van der Waals surface area contributed by atoms with Gasteiger partial charge in [0.1, 0.15) is 0 Å². The van der Waals surface area contributed by atoms with Gasteiger partial charge in [0.2, 0.25) is 11.8 Å². The van der Waals surface area contributed by atoms with Crippen LogP contribution in [0.3, 0.4) is 0 Å². The zero-order valence-corrected chi connectivity index (χ0v) is 10.4. The fraction of sp³-hybridized carbons (Fsp3) is 0.385. The van der Waals surface area contributed by atoms with Crippen LogP contribution in [0.25, 0.3) is 0 Å². The van der Waals surface area contributed by atoms with Gasteiger partial charge in [-0.1, -0.05) is 30.3 Å². The Labute approximate surface area is 107 Å². The fourth-order valence-electron chi connectivity index (χ4n) is 1.78. The van der Waals surface area contributed by atoms with Crippen molar-refractivity contribution in [2.24, 2.45) is 11.5 Å². The highest BCUT2D eigenvalue weighted by Gasteiger charge is 2.20. The molecule has 0 aliphatic heterocycles. The maximum absolute atomic E-state index is 12.0. The highest BCUT2D eigenvalue weighted by molar-refractivity contribution is 5.85. The van der Waals surface area contributed by atoms with E-state index in [4.69, 9.17) is 11.5 Å². The number of carbonyl (C=O) groups is 2. The van der Waals surface area contributed by atoms with Gasteiger partial charge in [-0.3, -0.25) is 9.59 Å². The molecule has 5 nitrogen and oxygen atoms in total. The van der Waals surface area contributed by atoms with Crippen LogP contribution in [-0.2, 0) is 9.59 Å². The van der Waals surface area contributed by atoms with Gasteiger partial charge in [-0.15, -0.1) is 0 Å². The number of benzene rings is 1. The van der Waals surface area contributed by atoms with E-state index in [1.165, 1.54) is 0 Å². The molecule has 2 amide bonds. The lowest BCUT2D eigenvalue weighted by Crippen LogP contribution is -2.40. The SMILES string of the molecule is CC(CC(N)=O)NC(=O)C(CN)c1ccccc1. The molecule has 0 spiro atoms. The molecule has 1 rings (SSSR count). The van der Waals surface area contributed by atoms with Crippen molar-refractivity contribution in [1.29, 1.82) is 0 Å². The minimum Gasteiger partial charge on any atom is -0.370 e. The van der Waals surface area contributed by atoms with E-state index >= 15 is 0 Å². The predicted octanol–water partition coefficient (Wildman–Crippen LogP) is 0.109. The van der Waals surface area contributed by atoms with E-state index < -0.39 is 11.8 Å². The molecule has 0 aromatic heterocycles. The maximum Gasteiger partial charge on any atom is 0.229 e. The lowest BCUT2D eigenvalue weighted by Gasteiger charge is -2.18. The van der Waals surface area contributed by atoms with Gasteiger partial charge in [-0.05, 0) is 12.5 Å². The van der Waals surface area contributed by atoms with E-state index in [9.17, 15) is 9.59 Å². The van der Waals surface area contributed by atoms with Gasteiger partial charge >= 0.3 is 0 Å². The third kappa shape index (κ3) is 4.18. The van der Waals surface area contributed by atoms with Gasteiger partial charge < -0.3 is 16.8 Å². The van der Waals surface area contributed by atoms with Gasteiger partial charge in [-0.25, -0.2) is 0 Å². The number of primary amides is 1. The van der Waals surface area contributed by atoms with E-state index in [1.807, 2.05) is 30.3 Å². The van der Waals surface area contributed by atoms with Gasteiger partial charge in [0, 0.05) is 19.0 Å². The first kappa shape index (κ1) is 14.2. The van der Waals surface area contributed by atoms with Crippen molar-refractivity contribution >= 4 is 11.8 Å². The van der Waals surface area contributed by atoms with Crippen molar-refractivity contribution in [2.45, 2.75) is 25.3 Å². The normalized spacial score (nSPS) is 13.7. The number of nitrogens with two attached hydrogens (primary N) is 2. The molecule has 1 aromatic rings. The van der Waals surface area contributed by atoms with Crippen molar-refractivity contribution in [3.8, 4) is 0 Å². The average Bonchev–Trinajstić information content (AvgIpc) is 2.29. The van der Waals surface area contributed by atoms with Crippen LogP contribution < -0.4 is 16.8 Å². The Bertz CT molecular complexity index is 406. The molecule has 1 aromatic carbocycles. The molecule has 0 saturated carbocycles. The Morgan fingerprint density at radius 2 is 1.89 bits per heavy atom. The molecule has 2 atom stereocenters. The third-order valence-electron chi connectivity index (χ3n) is 2.65. The number of carbonyl (C=O) groups excluding carboxylic acids is 2. The van der Waals surface area contributed by atoms with Crippen molar-refractivity contribution in [3.63, 3.8) is 0 Å². The number of amides is 2. The predicted molar refractivity (Wildman–Crippen MR) is 69.7 cm³/mol. The highest BCUT2D eigenvalue weighted by atomic mass is 16.2. The summed E-state index contributed by atoms with van der Waals surface area (Å²) in [6, 6.07) is 9.03. The molecule has 0 saturated heterocycles. The van der Waals surface area contributed by atoms with Crippen LogP contribution >= 0.6 is 0 Å². The third-order valence-corrected chi connectivity index (χ3v) is 2.65. The largest absolute Gasteiger partial charge is 0.370 e. The molecule has 18 heavy (non-hydrogen) atoms. The van der Waals surface area contributed by atoms with Crippen LogP contribution in [-0.4, -0.2) is 24.4 Å². The Morgan fingerprint density at radius 3 is 2.39 bits per heavy atom. The molecular formula is C13H19N3O2. The summed E-state index contributed by atoms with van der Waals surface area (Å²) in [6.45, 7) is 1.96. The minimum absolute atomic E-state index is 0.123. The number of nitrogens with one attached hydrogen (secondary N) is 1. The van der Waals surface area contributed by atoms with Gasteiger partial charge in [0.15, 0.2) is 0 Å². The first-order chi connectivity index (χ1) is 8.54. The van der Waals surface area contributed by atoms with E-state index in [2.05, 4.69) is 5.32 Å². The van der Waals surface area contributed by atoms with Crippen molar-refractivity contribution in [1.82, 2.24) is 5.32 Å². The fourth-order valence-corrected chi connectivity index (χ4v) is 1.78. The number of rotatable bonds is 6. The molecule has 98 valence electrons. The quantitative estimate of drug-likeness (QED) is 0.667. The lowest BCUT2D eigenvalue weighted by molar-refractivity contribution is -0.123. The standard InChI is InChI=1S/C13H19N3O2/c1-9(7-12(15)17)16-13(18)11(8-14)10-5-3-2-4-6-10/h2-6,9,11H,7-8,14H2,1H3,(H2,15,17)(H,16,18). The lowest BCUT2D eigenvalue weighted by atomic mass is 9.98. The molecule has 0 aliphatic carbocycles. The summed E-state index contributed by atoms with van der Waals surface area (Å²) in [5, 5.41) is 2.74. The summed E-state index contributed by atoms with van der Waals surface area (Å²) >= 11 is 0.